The van der Waals surface area contributed by atoms with Crippen molar-refractivity contribution in [2.75, 3.05) is 20.1 Å². The number of nitrogens with zero attached hydrogens (tertiary/aromatic N) is 2. The van der Waals surface area contributed by atoms with Crippen LogP contribution in [0.5, 0.6) is 0 Å². The van der Waals surface area contributed by atoms with E-state index in [4.69, 9.17) is 6.11 Å². The second-order valence-corrected chi connectivity index (χ2v) is 10.7. The fraction of sp³-hybridized carbons (Fsp3) is 0.533. The number of para-hydroxylation sites is 2. The number of aromatic amines is 1. The largest absolute Gasteiger partial charge is 0.458 e. The van der Waals surface area contributed by atoms with E-state index in [1.807, 2.05) is 45.2 Å². The highest BCUT2D eigenvalue weighted by molar-refractivity contribution is 5.76. The number of halogens is 1. The third-order valence-electron chi connectivity index (χ3n) is 7.48. The van der Waals surface area contributed by atoms with Crippen molar-refractivity contribution in [3.8, 4) is 0 Å². The quantitative estimate of drug-likeness (QED) is 0.350. The summed E-state index contributed by atoms with van der Waals surface area (Å²) in [6.07, 6.45) is -0.199. The number of hydrogen-bond acceptors (Lipinski definition) is 4. The topological polar surface area (TPSA) is 58.2 Å². The van der Waals surface area contributed by atoms with Crippen LogP contribution in [0.3, 0.4) is 0 Å². The molecule has 2 aliphatic rings. The molecule has 3 atom stereocenters. The predicted octanol–water partition coefficient (Wildman–Crippen LogP) is 6.03. The lowest BCUT2D eigenvalue weighted by molar-refractivity contribution is -0.169. The number of esters is 1. The highest BCUT2D eigenvalue weighted by atomic mass is 19.1. The van der Waals surface area contributed by atoms with Gasteiger partial charge in [-0.15, -0.1) is 0 Å². The van der Waals surface area contributed by atoms with E-state index >= 15 is 0 Å². The van der Waals surface area contributed by atoms with E-state index in [9.17, 15) is 11.9 Å². The van der Waals surface area contributed by atoms with Gasteiger partial charge in [0.15, 0.2) is 0 Å². The van der Waals surface area contributed by atoms with Crippen molar-refractivity contribution in [3.63, 3.8) is 0 Å². The first-order chi connectivity index (χ1) is 18.5. The molecule has 2 aliphatic carbocycles. The second-order valence-electron chi connectivity index (χ2n) is 10.7. The minimum atomic E-state index is -2.21. The second kappa shape index (κ2) is 10.3. The number of carbonyl (C=O) groups is 1. The number of fused-ring (bicyclic) bond motifs is 2. The first kappa shape index (κ1) is 21.4. The van der Waals surface area contributed by atoms with Gasteiger partial charge < -0.3 is 14.6 Å². The first-order valence-corrected chi connectivity index (χ1v) is 13.1. The van der Waals surface area contributed by atoms with Gasteiger partial charge in [0.05, 0.1) is 17.0 Å². The number of benzene rings is 2. The maximum atomic E-state index is 14.2. The molecule has 0 amide bonds. The number of rotatable bonds is 10. The summed E-state index contributed by atoms with van der Waals surface area (Å²) in [5, 5.41) is 0. The summed E-state index contributed by atoms with van der Waals surface area (Å²) in [6.45, 7) is 5.21. The Morgan fingerprint density at radius 2 is 2.08 bits per heavy atom. The van der Waals surface area contributed by atoms with Gasteiger partial charge in [-0.25, -0.2) is 9.37 Å². The molecule has 1 fully saturated rings. The average Bonchev–Trinajstić information content (AvgIpc) is 3.66. The van der Waals surface area contributed by atoms with Gasteiger partial charge in [-0.3, -0.25) is 4.79 Å². The Kier molecular flexibility index (Phi) is 6.13. The third-order valence-corrected chi connectivity index (χ3v) is 7.48. The minimum Gasteiger partial charge on any atom is -0.458 e. The molecule has 1 N–H and O–H groups in total. The van der Waals surface area contributed by atoms with Crippen LogP contribution < -0.4 is 0 Å². The highest BCUT2D eigenvalue weighted by Crippen LogP contribution is 2.49. The van der Waals surface area contributed by atoms with Crippen LogP contribution in [-0.4, -0.2) is 46.6 Å². The van der Waals surface area contributed by atoms with Crippen LogP contribution >= 0.6 is 0 Å². The van der Waals surface area contributed by atoms with Crippen molar-refractivity contribution in [1.82, 2.24) is 14.9 Å². The molecular formula is C30H38FN3O2. The van der Waals surface area contributed by atoms with Gasteiger partial charge in [-0.05, 0) is 86.9 Å². The van der Waals surface area contributed by atoms with Crippen LogP contribution in [0.4, 0.5) is 4.39 Å². The lowest BCUT2D eigenvalue weighted by Gasteiger charge is -2.47. The van der Waals surface area contributed by atoms with E-state index in [1.54, 1.807) is 6.07 Å². The molecule has 5 rings (SSSR count). The van der Waals surface area contributed by atoms with E-state index in [0.29, 0.717) is 17.7 Å². The van der Waals surface area contributed by atoms with E-state index in [-0.39, 0.29) is 24.2 Å². The van der Waals surface area contributed by atoms with Gasteiger partial charge >= 0.3 is 5.97 Å². The molecular weight excluding hydrogens is 453 g/mol. The van der Waals surface area contributed by atoms with Crippen LogP contribution in [0.15, 0.2) is 42.5 Å². The van der Waals surface area contributed by atoms with E-state index in [0.717, 1.165) is 49.1 Å². The molecule has 3 aromatic rings. The molecule has 0 aliphatic heterocycles. The Balaban J connectivity index is 1.37. The Morgan fingerprint density at radius 3 is 2.83 bits per heavy atom. The number of imidazole rings is 1. The molecule has 2 aromatic carbocycles. The molecule has 1 aromatic heterocycles. The number of carbonyl (C=O) groups excluding carboxylic acids is 1. The zero-order valence-electron chi connectivity index (χ0n) is 24.4. The van der Waals surface area contributed by atoms with Gasteiger partial charge in [0, 0.05) is 29.4 Å². The molecule has 1 heterocycles. The summed E-state index contributed by atoms with van der Waals surface area (Å²) < 4.78 is 47.8. The van der Waals surface area contributed by atoms with Gasteiger partial charge in [-0.2, -0.15) is 0 Å². The predicted molar refractivity (Wildman–Crippen MR) is 140 cm³/mol. The number of hydrogen-bond donors (Lipinski definition) is 1. The normalized spacial score (nSPS) is 26.4. The Labute approximate surface area is 217 Å². The van der Waals surface area contributed by atoms with Crippen LogP contribution in [0, 0.1) is 17.7 Å². The van der Waals surface area contributed by atoms with Gasteiger partial charge in [0.2, 0.25) is 0 Å². The van der Waals surface area contributed by atoms with Crippen molar-refractivity contribution in [2.24, 2.45) is 11.8 Å². The van der Waals surface area contributed by atoms with Gasteiger partial charge in [0.1, 0.15) is 17.2 Å². The summed E-state index contributed by atoms with van der Waals surface area (Å²) >= 11 is 0. The fourth-order valence-electron chi connectivity index (χ4n) is 5.46. The Bertz CT molecular complexity index is 1310. The molecule has 0 saturated heterocycles. The van der Waals surface area contributed by atoms with Crippen molar-refractivity contribution in [3.05, 3.63) is 65.2 Å². The monoisotopic (exact) mass is 494 g/mol. The van der Waals surface area contributed by atoms with Crippen molar-refractivity contribution in [1.29, 1.82) is 0 Å². The molecule has 6 heteroatoms. The Morgan fingerprint density at radius 1 is 1.28 bits per heavy atom. The number of aromatic nitrogens is 2. The van der Waals surface area contributed by atoms with E-state index in [1.165, 1.54) is 12.1 Å². The molecule has 1 unspecified atom stereocenters. The van der Waals surface area contributed by atoms with Crippen LogP contribution in [-0.2, 0) is 22.3 Å². The summed E-state index contributed by atoms with van der Waals surface area (Å²) in [6, 6.07) is 12.2. The molecule has 192 valence electrons. The molecule has 0 radical (unpaired) electrons. The lowest BCUT2D eigenvalue weighted by Crippen LogP contribution is -2.48. The SMILES string of the molecule is [2H]C1c2cc(F)ccc2[C@H](C(C)C)[C@](CCN(C)CCCc2nc3ccccc3[nH]2)(OC(=O)C2CC2)C1([2H])[2H]. The van der Waals surface area contributed by atoms with E-state index < -0.39 is 30.1 Å². The van der Waals surface area contributed by atoms with Crippen molar-refractivity contribution >= 4 is 17.0 Å². The summed E-state index contributed by atoms with van der Waals surface area (Å²) in [7, 11) is 1.99. The Hall–Kier alpha value is -2.73. The zero-order chi connectivity index (χ0) is 27.9. The molecule has 36 heavy (non-hydrogen) atoms. The molecule has 5 nitrogen and oxygen atoms in total. The first-order valence-electron chi connectivity index (χ1n) is 14.7. The smallest absolute Gasteiger partial charge is 0.309 e. The van der Waals surface area contributed by atoms with Gasteiger partial charge in [0.25, 0.3) is 0 Å². The number of ether oxygens (including phenoxy) is 1. The standard InChI is InChI=1S/C30H38FN3O2/c1-20(2)28-24-13-12-23(31)19-22(24)14-15-30(28,36-29(35)21-10-11-21)16-18-34(3)17-6-9-27-32-25-7-4-5-8-26(25)33-27/h4-5,7-8,12-13,19-21,28H,6,9-11,14-18H2,1-3H3,(H,32,33)/t28-,30-/m0/s1/i14D,15D2/t14?,28-,30-. The van der Waals surface area contributed by atoms with Gasteiger partial charge in [-0.1, -0.05) is 32.0 Å². The summed E-state index contributed by atoms with van der Waals surface area (Å²) in [5.41, 5.74) is 1.48. The maximum Gasteiger partial charge on any atom is 0.309 e. The fourth-order valence-corrected chi connectivity index (χ4v) is 5.46. The number of nitrogens with one attached hydrogen (secondary N) is 1. The van der Waals surface area contributed by atoms with Crippen LogP contribution in [0.1, 0.15) is 72.9 Å². The molecule has 1 saturated carbocycles. The highest BCUT2D eigenvalue weighted by Gasteiger charge is 2.49. The zero-order valence-corrected chi connectivity index (χ0v) is 21.4. The average molecular weight is 495 g/mol. The molecule has 0 spiro atoms. The number of H-pyrrole nitrogens is 1. The van der Waals surface area contributed by atoms with Crippen molar-refractivity contribution in [2.45, 2.75) is 70.2 Å². The minimum absolute atomic E-state index is 0.0952. The van der Waals surface area contributed by atoms with Crippen LogP contribution in [0.2, 0.25) is 0 Å². The molecule has 0 bridgehead atoms. The third kappa shape index (κ3) is 5.34. The van der Waals surface area contributed by atoms with Crippen LogP contribution in [0.25, 0.3) is 11.0 Å². The lowest BCUT2D eigenvalue weighted by atomic mass is 9.65. The number of aryl methyl sites for hydroxylation is 2. The van der Waals surface area contributed by atoms with E-state index in [2.05, 4.69) is 14.9 Å². The van der Waals surface area contributed by atoms with Crippen molar-refractivity contribution < 1.29 is 18.0 Å². The maximum absolute atomic E-state index is 14.2. The summed E-state index contributed by atoms with van der Waals surface area (Å²) in [4.78, 5) is 23.3. The summed E-state index contributed by atoms with van der Waals surface area (Å²) in [5.74, 6) is -0.737.